The molecule has 2 heterocycles. The summed E-state index contributed by atoms with van der Waals surface area (Å²) < 4.78 is 0. The Morgan fingerprint density at radius 2 is 1.79 bits per heavy atom. The zero-order valence-electron chi connectivity index (χ0n) is 14.3. The molecule has 0 unspecified atom stereocenters. The molecule has 0 aliphatic rings. The number of halogens is 1. The molecule has 0 radical (unpaired) electrons. The fourth-order valence-corrected chi connectivity index (χ4v) is 3.42. The van der Waals surface area contributed by atoms with Gasteiger partial charge < -0.3 is 10.4 Å². The molecule has 138 valence electrons. The normalized spacial score (nSPS) is 10.6. The van der Waals surface area contributed by atoms with Crippen molar-refractivity contribution in [3.05, 3.63) is 77.0 Å². The maximum absolute atomic E-state index is 12.4. The highest BCUT2D eigenvalue weighted by Gasteiger charge is 2.13. The Balaban J connectivity index is 1.47. The van der Waals surface area contributed by atoms with Crippen molar-refractivity contribution in [1.82, 2.24) is 15.0 Å². The molecule has 0 aliphatic heterocycles. The number of phenols is 1. The summed E-state index contributed by atoms with van der Waals surface area (Å²) in [7, 11) is 0. The van der Waals surface area contributed by atoms with E-state index in [9.17, 15) is 9.90 Å². The second-order valence-corrected chi connectivity index (χ2v) is 7.14. The predicted octanol–water partition coefficient (Wildman–Crippen LogP) is 4.88. The molecular weight excluding hydrogens is 396 g/mol. The zero-order chi connectivity index (χ0) is 19.5. The maximum atomic E-state index is 12.4. The summed E-state index contributed by atoms with van der Waals surface area (Å²) in [6, 6.07) is 13.9. The lowest BCUT2D eigenvalue weighted by molar-refractivity contribution is 0.102. The number of nitrogens with one attached hydrogen (secondary N) is 1. The third-order valence-electron chi connectivity index (χ3n) is 3.84. The average Bonchev–Trinajstić information content (AvgIpc) is 3.19. The molecule has 1 amide bonds. The Morgan fingerprint density at radius 1 is 1.04 bits per heavy atom. The number of benzene rings is 2. The Morgan fingerprint density at radius 3 is 2.50 bits per heavy atom. The third kappa shape index (κ3) is 4.00. The standard InChI is InChI=1S/C20H13ClN4O2S/c21-14-6-4-12(5-7-14)20-25-17(11-28-20)19(27)24-15-9-22-18(23-10-15)13-2-1-3-16(26)8-13/h1-11,26H,(H,24,27). The maximum Gasteiger partial charge on any atom is 0.275 e. The minimum absolute atomic E-state index is 0.138. The second-order valence-electron chi connectivity index (χ2n) is 5.84. The van der Waals surface area contributed by atoms with E-state index in [4.69, 9.17) is 11.6 Å². The SMILES string of the molecule is O=C(Nc1cnc(-c2cccc(O)c2)nc1)c1csc(-c2ccc(Cl)cc2)n1. The molecule has 28 heavy (non-hydrogen) atoms. The molecular formula is C20H13ClN4O2S. The van der Waals surface area contributed by atoms with Gasteiger partial charge in [-0.3, -0.25) is 4.79 Å². The van der Waals surface area contributed by atoms with Gasteiger partial charge in [-0.2, -0.15) is 0 Å². The van der Waals surface area contributed by atoms with Crippen LogP contribution >= 0.6 is 22.9 Å². The molecule has 4 aromatic rings. The van der Waals surface area contributed by atoms with Crippen molar-refractivity contribution in [2.45, 2.75) is 0 Å². The van der Waals surface area contributed by atoms with Gasteiger partial charge in [0, 0.05) is 21.5 Å². The summed E-state index contributed by atoms with van der Waals surface area (Å²) in [5.74, 6) is 0.247. The highest BCUT2D eigenvalue weighted by molar-refractivity contribution is 7.13. The van der Waals surface area contributed by atoms with E-state index >= 15 is 0 Å². The zero-order valence-corrected chi connectivity index (χ0v) is 15.9. The molecule has 0 fully saturated rings. The lowest BCUT2D eigenvalue weighted by Gasteiger charge is -2.04. The number of hydrogen-bond donors (Lipinski definition) is 2. The van der Waals surface area contributed by atoms with Crippen LogP contribution in [-0.4, -0.2) is 26.0 Å². The lowest BCUT2D eigenvalue weighted by atomic mass is 10.2. The Hall–Kier alpha value is -3.29. The number of amides is 1. The average molecular weight is 409 g/mol. The van der Waals surface area contributed by atoms with Crippen LogP contribution in [0.5, 0.6) is 5.75 Å². The molecule has 0 bridgehead atoms. The lowest BCUT2D eigenvalue weighted by Crippen LogP contribution is -2.12. The van der Waals surface area contributed by atoms with Gasteiger partial charge in [-0.1, -0.05) is 35.9 Å². The van der Waals surface area contributed by atoms with Gasteiger partial charge in [0.2, 0.25) is 0 Å². The first-order valence-electron chi connectivity index (χ1n) is 8.23. The van der Waals surface area contributed by atoms with E-state index in [0.717, 1.165) is 10.6 Å². The monoisotopic (exact) mass is 408 g/mol. The number of anilines is 1. The molecule has 0 aliphatic carbocycles. The summed E-state index contributed by atoms with van der Waals surface area (Å²) in [5, 5.41) is 15.4. The summed E-state index contributed by atoms with van der Waals surface area (Å²) in [6.07, 6.45) is 3.02. The molecule has 2 aromatic carbocycles. The van der Waals surface area contributed by atoms with Crippen LogP contribution < -0.4 is 5.32 Å². The minimum atomic E-state index is -0.342. The Bertz CT molecular complexity index is 1130. The fourth-order valence-electron chi connectivity index (χ4n) is 2.48. The van der Waals surface area contributed by atoms with Gasteiger partial charge in [0.15, 0.2) is 5.82 Å². The quantitative estimate of drug-likeness (QED) is 0.502. The van der Waals surface area contributed by atoms with Crippen LogP contribution in [0.15, 0.2) is 66.3 Å². The molecule has 6 nitrogen and oxygen atoms in total. The van der Waals surface area contributed by atoms with Crippen molar-refractivity contribution < 1.29 is 9.90 Å². The molecule has 0 saturated heterocycles. The number of rotatable bonds is 4. The molecule has 8 heteroatoms. The number of aromatic hydroxyl groups is 1. The van der Waals surface area contributed by atoms with E-state index in [0.29, 0.717) is 27.8 Å². The number of carbonyl (C=O) groups is 1. The predicted molar refractivity (Wildman–Crippen MR) is 110 cm³/mol. The second kappa shape index (κ2) is 7.75. The van der Waals surface area contributed by atoms with Gasteiger partial charge in [-0.05, 0) is 24.3 Å². The van der Waals surface area contributed by atoms with Gasteiger partial charge in [0.25, 0.3) is 5.91 Å². The van der Waals surface area contributed by atoms with E-state index < -0.39 is 0 Å². The summed E-state index contributed by atoms with van der Waals surface area (Å²) in [4.78, 5) is 25.3. The van der Waals surface area contributed by atoms with Gasteiger partial charge in [-0.25, -0.2) is 15.0 Å². The molecule has 4 rings (SSSR count). The van der Waals surface area contributed by atoms with Crippen LogP contribution in [0.1, 0.15) is 10.5 Å². The molecule has 0 spiro atoms. The first-order valence-corrected chi connectivity index (χ1v) is 9.48. The highest BCUT2D eigenvalue weighted by Crippen LogP contribution is 2.25. The van der Waals surface area contributed by atoms with Crippen molar-refractivity contribution in [3.63, 3.8) is 0 Å². The number of hydrogen-bond acceptors (Lipinski definition) is 6. The summed E-state index contributed by atoms with van der Waals surface area (Å²) in [6.45, 7) is 0. The van der Waals surface area contributed by atoms with E-state index in [-0.39, 0.29) is 11.7 Å². The van der Waals surface area contributed by atoms with Gasteiger partial charge in [0.05, 0.1) is 18.1 Å². The largest absolute Gasteiger partial charge is 0.508 e. The van der Waals surface area contributed by atoms with Crippen molar-refractivity contribution in [2.75, 3.05) is 5.32 Å². The van der Waals surface area contributed by atoms with Crippen molar-refractivity contribution in [1.29, 1.82) is 0 Å². The Labute approximate surface area is 169 Å². The van der Waals surface area contributed by atoms with E-state index in [1.54, 1.807) is 41.8 Å². The van der Waals surface area contributed by atoms with Gasteiger partial charge in [0.1, 0.15) is 16.5 Å². The fraction of sp³-hybridized carbons (Fsp3) is 0. The van der Waals surface area contributed by atoms with Crippen molar-refractivity contribution in [3.8, 4) is 27.7 Å². The molecule has 2 N–H and O–H groups in total. The number of thiazole rings is 1. The van der Waals surface area contributed by atoms with Crippen LogP contribution in [0.4, 0.5) is 5.69 Å². The number of phenolic OH excluding ortho intramolecular Hbond substituents is 1. The van der Waals surface area contributed by atoms with Crippen molar-refractivity contribution >= 4 is 34.5 Å². The highest BCUT2D eigenvalue weighted by atomic mass is 35.5. The van der Waals surface area contributed by atoms with Crippen LogP contribution in [0, 0.1) is 0 Å². The third-order valence-corrected chi connectivity index (χ3v) is 4.99. The van der Waals surface area contributed by atoms with E-state index in [1.165, 1.54) is 23.7 Å². The van der Waals surface area contributed by atoms with Crippen LogP contribution in [0.25, 0.3) is 22.0 Å². The first-order chi connectivity index (χ1) is 13.6. The van der Waals surface area contributed by atoms with Gasteiger partial charge in [-0.15, -0.1) is 11.3 Å². The molecule has 0 saturated carbocycles. The number of nitrogens with zero attached hydrogens (tertiary/aromatic N) is 3. The van der Waals surface area contributed by atoms with Crippen LogP contribution in [-0.2, 0) is 0 Å². The number of carbonyl (C=O) groups excluding carboxylic acids is 1. The topological polar surface area (TPSA) is 88.0 Å². The van der Waals surface area contributed by atoms with E-state index in [1.807, 2.05) is 12.1 Å². The molecule has 0 atom stereocenters. The first kappa shape index (κ1) is 18.1. The van der Waals surface area contributed by atoms with E-state index in [2.05, 4.69) is 20.3 Å². The van der Waals surface area contributed by atoms with Gasteiger partial charge >= 0.3 is 0 Å². The summed E-state index contributed by atoms with van der Waals surface area (Å²) in [5.41, 5.74) is 2.35. The van der Waals surface area contributed by atoms with Crippen LogP contribution in [0.2, 0.25) is 5.02 Å². The number of aromatic nitrogens is 3. The van der Waals surface area contributed by atoms with Crippen LogP contribution in [0.3, 0.4) is 0 Å². The molecule has 2 aromatic heterocycles. The van der Waals surface area contributed by atoms with Crippen molar-refractivity contribution in [2.24, 2.45) is 0 Å². The summed E-state index contributed by atoms with van der Waals surface area (Å²) >= 11 is 7.28. The smallest absolute Gasteiger partial charge is 0.275 e. The Kier molecular flexibility index (Phi) is 5.01. The minimum Gasteiger partial charge on any atom is -0.508 e.